The Kier molecular flexibility index (Phi) is 7.65. The predicted molar refractivity (Wildman–Crippen MR) is 40.6 cm³/mol. The smallest absolute Gasteiger partial charge is 0.160 e. The number of carbonyl (C=O) groups excluding carboxylic acids is 1. The highest BCUT2D eigenvalue weighted by Gasteiger charge is 1.91. The van der Waals surface area contributed by atoms with E-state index < -0.39 is 0 Å². The van der Waals surface area contributed by atoms with Gasteiger partial charge in [0.15, 0.2) is 6.29 Å². The number of carbonyl (C=O) groups is 1. The van der Waals surface area contributed by atoms with Gasteiger partial charge in [0, 0.05) is 26.2 Å². The first-order chi connectivity index (χ1) is 4.91. The maximum absolute atomic E-state index is 8.93. The first kappa shape index (κ1) is 9.26. The van der Waals surface area contributed by atoms with Crippen LogP contribution in [0.15, 0.2) is 0 Å². The minimum absolute atomic E-state index is 0.417. The summed E-state index contributed by atoms with van der Waals surface area (Å²) >= 11 is 0. The zero-order chi connectivity index (χ0) is 7.66. The van der Waals surface area contributed by atoms with Gasteiger partial charge in [-0.25, -0.2) is 0 Å². The standard InChI is InChI=1S/C4H10N2.C2H3NO/c1-2-6-4-3-5-1;3-1-2-4/h5-6H,1-4H2;1-3H. The molecule has 0 aromatic heterocycles. The lowest BCUT2D eigenvalue weighted by Crippen LogP contribution is -2.39. The largest absolute Gasteiger partial charge is 0.314 e. The maximum atomic E-state index is 8.93. The lowest BCUT2D eigenvalue weighted by Gasteiger charge is -2.11. The second-order valence-corrected chi connectivity index (χ2v) is 1.80. The average Bonchev–Trinajstić information content (AvgIpc) is 2.08. The van der Waals surface area contributed by atoms with Gasteiger partial charge in [0.05, 0.1) is 6.21 Å². The molecule has 1 heterocycles. The van der Waals surface area contributed by atoms with Crippen molar-refractivity contribution in [1.82, 2.24) is 10.6 Å². The lowest BCUT2D eigenvalue weighted by molar-refractivity contribution is -0.102. The van der Waals surface area contributed by atoms with Crippen LogP contribution < -0.4 is 10.6 Å². The van der Waals surface area contributed by atoms with E-state index in [0.717, 1.165) is 26.2 Å². The molecule has 4 nitrogen and oxygen atoms in total. The van der Waals surface area contributed by atoms with Crippen LogP contribution in [-0.4, -0.2) is 38.7 Å². The number of hydrogen-bond acceptors (Lipinski definition) is 4. The van der Waals surface area contributed by atoms with Crippen molar-refractivity contribution in [3.63, 3.8) is 0 Å². The zero-order valence-corrected chi connectivity index (χ0v) is 5.89. The number of hydrogen-bond donors (Lipinski definition) is 3. The van der Waals surface area contributed by atoms with Gasteiger partial charge in [-0.3, -0.25) is 4.79 Å². The topological polar surface area (TPSA) is 65.0 Å². The van der Waals surface area contributed by atoms with Crippen LogP contribution in [0.4, 0.5) is 0 Å². The molecule has 1 fully saturated rings. The summed E-state index contributed by atoms with van der Waals surface area (Å²) in [5.41, 5.74) is 0. The van der Waals surface area contributed by atoms with E-state index in [9.17, 15) is 0 Å². The van der Waals surface area contributed by atoms with Crippen LogP contribution in [0.3, 0.4) is 0 Å². The summed E-state index contributed by atoms with van der Waals surface area (Å²) in [7, 11) is 0. The fraction of sp³-hybridized carbons (Fsp3) is 0.667. The van der Waals surface area contributed by atoms with Crippen molar-refractivity contribution in [3.8, 4) is 0 Å². The molecule has 0 aromatic rings. The molecule has 58 valence electrons. The number of aldehydes is 1. The predicted octanol–water partition coefficient (Wildman–Crippen LogP) is -0.986. The quantitative estimate of drug-likeness (QED) is 0.326. The molecule has 0 aromatic carbocycles. The van der Waals surface area contributed by atoms with Gasteiger partial charge in [-0.2, -0.15) is 0 Å². The normalized spacial score (nSPS) is 16.4. The number of rotatable bonds is 1. The van der Waals surface area contributed by atoms with Gasteiger partial charge in [0.1, 0.15) is 0 Å². The Morgan fingerprint density at radius 1 is 1.10 bits per heavy atom. The van der Waals surface area contributed by atoms with Gasteiger partial charge in [-0.1, -0.05) is 0 Å². The SMILES string of the molecule is C1CNCCN1.N=CC=O. The molecule has 1 rings (SSSR count). The van der Waals surface area contributed by atoms with E-state index in [2.05, 4.69) is 10.6 Å². The first-order valence-corrected chi connectivity index (χ1v) is 3.27. The highest BCUT2D eigenvalue weighted by Crippen LogP contribution is 1.65. The molecule has 1 aliphatic heterocycles. The van der Waals surface area contributed by atoms with Crippen LogP contribution in [0.25, 0.3) is 0 Å². The van der Waals surface area contributed by atoms with Crippen molar-refractivity contribution in [3.05, 3.63) is 0 Å². The van der Waals surface area contributed by atoms with Gasteiger partial charge in [0.25, 0.3) is 0 Å². The maximum Gasteiger partial charge on any atom is 0.160 e. The van der Waals surface area contributed by atoms with Crippen molar-refractivity contribution < 1.29 is 4.79 Å². The molecular weight excluding hydrogens is 130 g/mol. The van der Waals surface area contributed by atoms with Gasteiger partial charge in [0.2, 0.25) is 0 Å². The summed E-state index contributed by atoms with van der Waals surface area (Å²) < 4.78 is 0. The van der Waals surface area contributed by atoms with Crippen LogP contribution in [0.5, 0.6) is 0 Å². The van der Waals surface area contributed by atoms with E-state index in [1.54, 1.807) is 0 Å². The Bertz CT molecular complexity index is 73.5. The third-order valence-electron chi connectivity index (χ3n) is 1.03. The van der Waals surface area contributed by atoms with E-state index >= 15 is 0 Å². The van der Waals surface area contributed by atoms with E-state index in [-0.39, 0.29) is 0 Å². The zero-order valence-electron chi connectivity index (χ0n) is 5.89. The fourth-order valence-corrected chi connectivity index (χ4v) is 0.604. The molecule has 3 N–H and O–H groups in total. The van der Waals surface area contributed by atoms with Gasteiger partial charge >= 0.3 is 0 Å². The molecule has 10 heavy (non-hydrogen) atoms. The summed E-state index contributed by atoms with van der Waals surface area (Å²) in [6.45, 7) is 4.56. The van der Waals surface area contributed by atoms with Crippen molar-refractivity contribution in [2.45, 2.75) is 0 Å². The number of nitrogens with one attached hydrogen (secondary N) is 3. The summed E-state index contributed by atoms with van der Waals surface area (Å²) in [5, 5.41) is 12.4. The third-order valence-corrected chi connectivity index (χ3v) is 1.03. The highest BCUT2D eigenvalue weighted by molar-refractivity contribution is 6.11. The Morgan fingerprint density at radius 3 is 1.50 bits per heavy atom. The van der Waals surface area contributed by atoms with Crippen LogP contribution in [-0.2, 0) is 4.79 Å². The molecule has 0 bridgehead atoms. The van der Waals surface area contributed by atoms with Gasteiger partial charge in [-0.05, 0) is 0 Å². The summed E-state index contributed by atoms with van der Waals surface area (Å²) in [6, 6.07) is 0. The molecule has 0 amide bonds. The molecule has 0 radical (unpaired) electrons. The number of piperazine rings is 1. The molecule has 0 aliphatic carbocycles. The van der Waals surface area contributed by atoms with Crippen molar-refractivity contribution >= 4 is 12.5 Å². The van der Waals surface area contributed by atoms with E-state index in [4.69, 9.17) is 10.2 Å². The van der Waals surface area contributed by atoms with E-state index in [0.29, 0.717) is 12.5 Å². The second kappa shape index (κ2) is 8.26. The van der Waals surface area contributed by atoms with Gasteiger partial charge < -0.3 is 16.0 Å². The third kappa shape index (κ3) is 7.26. The molecule has 4 heteroatoms. The Hall–Kier alpha value is -0.740. The van der Waals surface area contributed by atoms with E-state index in [1.807, 2.05) is 0 Å². The Balaban J connectivity index is 0.000000180. The molecular formula is C6H13N3O. The molecule has 1 saturated heterocycles. The van der Waals surface area contributed by atoms with E-state index in [1.165, 1.54) is 0 Å². The minimum Gasteiger partial charge on any atom is -0.314 e. The van der Waals surface area contributed by atoms with Gasteiger partial charge in [-0.15, -0.1) is 0 Å². The molecule has 0 saturated carbocycles. The monoisotopic (exact) mass is 143 g/mol. The van der Waals surface area contributed by atoms with Crippen molar-refractivity contribution in [2.24, 2.45) is 0 Å². The van der Waals surface area contributed by atoms with Crippen molar-refractivity contribution in [1.29, 1.82) is 5.41 Å². The van der Waals surface area contributed by atoms with Crippen LogP contribution in [0.1, 0.15) is 0 Å². The molecule has 0 atom stereocenters. The second-order valence-electron chi connectivity index (χ2n) is 1.80. The highest BCUT2D eigenvalue weighted by atomic mass is 16.1. The molecule has 1 aliphatic rings. The summed E-state index contributed by atoms with van der Waals surface area (Å²) in [5.74, 6) is 0. The summed E-state index contributed by atoms with van der Waals surface area (Å²) in [4.78, 5) is 8.93. The minimum atomic E-state index is 0.417. The average molecular weight is 143 g/mol. The van der Waals surface area contributed by atoms with Crippen LogP contribution >= 0.6 is 0 Å². The molecule has 0 unspecified atom stereocenters. The molecule has 0 spiro atoms. The first-order valence-electron chi connectivity index (χ1n) is 3.27. The Morgan fingerprint density at radius 2 is 1.40 bits per heavy atom. The Labute approximate surface area is 60.5 Å². The van der Waals surface area contributed by atoms with Crippen molar-refractivity contribution in [2.75, 3.05) is 26.2 Å². The van der Waals surface area contributed by atoms with Crippen LogP contribution in [0, 0.1) is 5.41 Å². The lowest BCUT2D eigenvalue weighted by atomic mass is 10.4. The summed E-state index contributed by atoms with van der Waals surface area (Å²) in [6.07, 6.45) is 1.11. The van der Waals surface area contributed by atoms with Crippen LogP contribution in [0.2, 0.25) is 0 Å². The fourth-order valence-electron chi connectivity index (χ4n) is 0.604.